The third-order valence-electron chi connectivity index (χ3n) is 10.3. The van der Waals surface area contributed by atoms with Gasteiger partial charge in [0, 0.05) is 62.9 Å². The van der Waals surface area contributed by atoms with Crippen molar-refractivity contribution >= 4 is 29.1 Å². The van der Waals surface area contributed by atoms with Gasteiger partial charge in [0.05, 0.1) is 52.8 Å². The van der Waals surface area contributed by atoms with Crippen molar-refractivity contribution < 1.29 is 14.4 Å². The van der Waals surface area contributed by atoms with Gasteiger partial charge in [0.15, 0.2) is 0 Å². The van der Waals surface area contributed by atoms with E-state index < -0.39 is 5.91 Å². The van der Waals surface area contributed by atoms with Gasteiger partial charge in [-0.3, -0.25) is 24.0 Å². The number of hydrogen-bond donors (Lipinski definition) is 5. The van der Waals surface area contributed by atoms with Gasteiger partial charge < -0.3 is 37.2 Å². The Kier molecular flexibility index (Phi) is 9.80. The molecule has 7 rings (SSSR count). The van der Waals surface area contributed by atoms with Gasteiger partial charge in [0.1, 0.15) is 23.8 Å². The summed E-state index contributed by atoms with van der Waals surface area (Å²) in [5.74, 6) is -0.741. The molecule has 276 valence electrons. The van der Waals surface area contributed by atoms with E-state index in [4.69, 9.17) is 21.8 Å². The molecule has 4 aliphatic rings. The quantitative estimate of drug-likeness (QED) is 0.0988. The van der Waals surface area contributed by atoms with E-state index >= 15 is 0 Å². The molecule has 0 bridgehead atoms. The lowest BCUT2D eigenvalue weighted by atomic mass is 9.91. The summed E-state index contributed by atoms with van der Waals surface area (Å²) in [5, 5.41) is 23.0. The number of aromatic nitrogens is 3. The maximum Gasteiger partial charge on any atom is 0.273 e. The molecule has 1 saturated heterocycles. The van der Waals surface area contributed by atoms with E-state index in [0.717, 1.165) is 79.1 Å². The van der Waals surface area contributed by atoms with Crippen molar-refractivity contribution in [2.45, 2.75) is 63.7 Å². The smallest absolute Gasteiger partial charge is 0.273 e. The molecule has 1 atom stereocenters. The molecule has 3 amide bonds. The van der Waals surface area contributed by atoms with Gasteiger partial charge in [-0.1, -0.05) is 25.1 Å². The van der Waals surface area contributed by atoms with Crippen molar-refractivity contribution in [3.05, 3.63) is 83.0 Å². The molecule has 2 saturated carbocycles. The third kappa shape index (κ3) is 7.40. The molecule has 7 N–H and O–H groups in total. The van der Waals surface area contributed by atoms with Gasteiger partial charge in [-0.05, 0) is 50.3 Å². The van der Waals surface area contributed by atoms with E-state index in [2.05, 4.69) is 55.5 Å². The Morgan fingerprint density at radius 3 is 2.53 bits per heavy atom. The lowest BCUT2D eigenvalue weighted by Crippen LogP contribution is -2.48. The minimum Gasteiger partial charge on any atom is -0.393 e. The maximum atomic E-state index is 13.1. The van der Waals surface area contributed by atoms with Crippen LogP contribution in [0.4, 0.5) is 11.4 Å². The summed E-state index contributed by atoms with van der Waals surface area (Å²) in [5.41, 5.74) is 19.0. The molecular formula is C38H46N12O3. The van der Waals surface area contributed by atoms with Crippen LogP contribution in [0, 0.1) is 17.2 Å². The highest BCUT2D eigenvalue weighted by Gasteiger charge is 2.38. The molecule has 2 aliphatic heterocycles. The lowest BCUT2D eigenvalue weighted by Gasteiger charge is -2.43. The zero-order chi connectivity index (χ0) is 37.4. The van der Waals surface area contributed by atoms with Crippen LogP contribution < -0.4 is 32.3 Å². The van der Waals surface area contributed by atoms with Crippen LogP contribution in [0.5, 0.6) is 0 Å². The normalized spacial score (nSPS) is 18.9. The number of para-hydroxylation sites is 1. The molecule has 15 heteroatoms. The number of rotatable bonds is 13. The summed E-state index contributed by atoms with van der Waals surface area (Å²) in [7, 11) is 3.65. The molecule has 0 radical (unpaired) electrons. The van der Waals surface area contributed by atoms with Gasteiger partial charge in [-0.15, -0.1) is 0 Å². The van der Waals surface area contributed by atoms with E-state index in [-0.39, 0.29) is 53.9 Å². The Balaban J connectivity index is 1.12. The average Bonchev–Trinajstić information content (AvgIpc) is 4.07. The van der Waals surface area contributed by atoms with Crippen LogP contribution in [-0.2, 0) is 16.1 Å². The molecule has 0 spiro atoms. The second kappa shape index (κ2) is 14.6. The van der Waals surface area contributed by atoms with Crippen LogP contribution in [0.3, 0.4) is 0 Å². The predicted octanol–water partition coefficient (Wildman–Crippen LogP) is 2.69. The monoisotopic (exact) mass is 718 g/mol. The Hall–Kier alpha value is -5.88. The number of likely N-dealkylation sites (tertiary alicyclic amines) is 1. The number of carbonyl (C=O) groups excluding carboxylic acids is 3. The predicted molar refractivity (Wildman–Crippen MR) is 199 cm³/mol. The molecule has 4 heterocycles. The number of benzene rings is 1. The van der Waals surface area contributed by atoms with Gasteiger partial charge in [-0.25, -0.2) is 4.98 Å². The zero-order valence-corrected chi connectivity index (χ0v) is 30.3. The first-order valence-corrected chi connectivity index (χ1v) is 18.2. The van der Waals surface area contributed by atoms with Crippen molar-refractivity contribution in [3.8, 4) is 17.2 Å². The number of nitrogens with one attached hydrogen (secondary N) is 3. The van der Waals surface area contributed by atoms with Crippen LogP contribution >= 0.6 is 0 Å². The summed E-state index contributed by atoms with van der Waals surface area (Å²) in [4.78, 5) is 48.7. The molecule has 3 fully saturated rings. The fraction of sp³-hybridized carbons (Fsp3) is 0.421. The Labute approximate surface area is 308 Å². The second-order valence-electron chi connectivity index (χ2n) is 14.4. The first-order valence-electron chi connectivity index (χ1n) is 18.2. The summed E-state index contributed by atoms with van der Waals surface area (Å²) in [6.07, 6.45) is 7.77. The third-order valence-corrected chi connectivity index (χ3v) is 10.3. The van der Waals surface area contributed by atoms with Gasteiger partial charge in [0.25, 0.3) is 11.8 Å². The highest BCUT2D eigenvalue weighted by Crippen LogP contribution is 2.49. The summed E-state index contributed by atoms with van der Waals surface area (Å²) >= 11 is 0. The van der Waals surface area contributed by atoms with Crippen LogP contribution in [0.2, 0.25) is 0 Å². The number of hydrogen-bond acceptors (Lipinski definition) is 11. The van der Waals surface area contributed by atoms with Crippen LogP contribution in [0.1, 0.15) is 73.0 Å². The number of allylic oxidation sites excluding steroid dienone is 1. The molecule has 15 nitrogen and oxygen atoms in total. The summed E-state index contributed by atoms with van der Waals surface area (Å²) in [6, 6.07) is 13.7. The Morgan fingerprint density at radius 1 is 1.08 bits per heavy atom. The highest BCUT2D eigenvalue weighted by atomic mass is 16.2. The Morgan fingerprint density at radius 2 is 1.83 bits per heavy atom. The number of carbonyl (C=O) groups is 3. The summed E-state index contributed by atoms with van der Waals surface area (Å²) in [6.45, 7) is 4.31. The first kappa shape index (κ1) is 35.5. The van der Waals surface area contributed by atoms with Crippen LogP contribution in [0.25, 0.3) is 11.1 Å². The average molecular weight is 719 g/mol. The SMILES string of the molecule is CCC1c2c(cnn2C2CN(Cc3cccc(C(=O)N(C)CC#N)n3)C2)-c2cccc(NC(/C=C(\N)NC(=O)C3CC3)=C(/N)C(=O)NC3CC3)c2N1C. The first-order chi connectivity index (χ1) is 25.6. The second-order valence-corrected chi connectivity index (χ2v) is 14.4. The number of nitrogens with two attached hydrogens (primary N) is 2. The van der Waals surface area contributed by atoms with Crippen molar-refractivity contribution in [1.29, 1.82) is 5.26 Å². The Bertz CT molecular complexity index is 2030. The molecule has 2 aliphatic carbocycles. The maximum absolute atomic E-state index is 13.1. The molecule has 2 aromatic heterocycles. The topological polar surface area (TPSA) is 204 Å². The fourth-order valence-electron chi connectivity index (χ4n) is 7.09. The minimum atomic E-state index is -0.393. The van der Waals surface area contributed by atoms with Gasteiger partial charge in [0.2, 0.25) is 5.91 Å². The zero-order valence-electron chi connectivity index (χ0n) is 30.3. The van der Waals surface area contributed by atoms with E-state index in [1.807, 2.05) is 36.5 Å². The number of nitrogens with zero attached hydrogens (tertiary/aromatic N) is 7. The number of pyridine rings is 1. The van der Waals surface area contributed by atoms with E-state index in [1.54, 1.807) is 13.1 Å². The minimum absolute atomic E-state index is 0.00242. The van der Waals surface area contributed by atoms with E-state index in [9.17, 15) is 14.4 Å². The number of fused-ring (bicyclic) bond motifs is 3. The molecule has 1 unspecified atom stereocenters. The van der Waals surface area contributed by atoms with Crippen molar-refractivity contribution in [2.75, 3.05) is 43.9 Å². The van der Waals surface area contributed by atoms with Crippen LogP contribution in [-0.4, -0.2) is 82.1 Å². The highest BCUT2D eigenvalue weighted by molar-refractivity contribution is 5.97. The number of nitriles is 1. The van der Waals surface area contributed by atoms with E-state index in [0.29, 0.717) is 17.9 Å². The molecule has 53 heavy (non-hydrogen) atoms. The number of amides is 3. The van der Waals surface area contributed by atoms with Crippen LogP contribution in [0.15, 0.2) is 65.9 Å². The molecule has 3 aromatic rings. The number of anilines is 2. The summed E-state index contributed by atoms with van der Waals surface area (Å²) < 4.78 is 2.15. The lowest BCUT2D eigenvalue weighted by molar-refractivity contribution is -0.121. The fourth-order valence-corrected chi connectivity index (χ4v) is 7.09. The standard InChI is InChI=1S/C38H46N12O3/c1-4-31-35-27(18-42-50(35)25-20-49(21-25)19-24-7-5-10-29(43-24)38(53)47(2)16-15-39)26-8-6-9-28(34(26)48(31)3)45-30(33(41)37(52)44-23-13-14-23)17-32(40)46-36(51)22-11-12-22/h5-10,17-18,22-23,25,31,45H,4,11-14,16,19-21,40-41H2,1-3H3,(H,44,52)(H,46,51)/b32-17+,33-30+. The molecule has 1 aromatic carbocycles. The molecular weight excluding hydrogens is 672 g/mol. The van der Waals surface area contributed by atoms with Gasteiger partial charge >= 0.3 is 0 Å². The van der Waals surface area contributed by atoms with Crippen molar-refractivity contribution in [1.82, 2.24) is 35.2 Å². The van der Waals surface area contributed by atoms with Crippen molar-refractivity contribution in [2.24, 2.45) is 17.4 Å². The van der Waals surface area contributed by atoms with E-state index in [1.165, 1.54) is 11.0 Å². The van der Waals surface area contributed by atoms with Gasteiger partial charge in [-0.2, -0.15) is 10.4 Å². The van der Waals surface area contributed by atoms with Crippen molar-refractivity contribution in [3.63, 3.8) is 0 Å². The largest absolute Gasteiger partial charge is 0.393 e.